The van der Waals surface area contributed by atoms with Crippen molar-refractivity contribution in [1.82, 2.24) is 0 Å². The van der Waals surface area contributed by atoms with Crippen LogP contribution in [-0.4, -0.2) is 13.1 Å². The van der Waals surface area contributed by atoms with Crippen molar-refractivity contribution in [3.8, 4) is 0 Å². The van der Waals surface area contributed by atoms with Gasteiger partial charge in [-0.3, -0.25) is 4.79 Å². The van der Waals surface area contributed by atoms with E-state index in [1.807, 2.05) is 0 Å². The lowest BCUT2D eigenvalue weighted by molar-refractivity contribution is -0.139. The molecule has 0 aliphatic rings. The van der Waals surface area contributed by atoms with E-state index >= 15 is 0 Å². The summed E-state index contributed by atoms with van der Waals surface area (Å²) >= 11 is 5.42. The number of hydrogen-bond acceptors (Lipinski definition) is 2. The van der Waals surface area contributed by atoms with Gasteiger partial charge in [0.25, 0.3) is 0 Å². The highest BCUT2D eigenvalue weighted by Gasteiger charge is 2.13. The summed E-state index contributed by atoms with van der Waals surface area (Å²) in [5.41, 5.74) is -0.00642. The minimum atomic E-state index is -0.656. The van der Waals surface area contributed by atoms with Crippen LogP contribution in [0.3, 0.4) is 0 Å². The zero-order valence-electron chi connectivity index (χ0n) is 8.02. The van der Waals surface area contributed by atoms with Gasteiger partial charge in [0.2, 0.25) is 0 Å². The molecule has 2 nitrogen and oxygen atoms in total. The molecule has 1 rings (SSSR count). The van der Waals surface area contributed by atoms with Crippen molar-refractivity contribution in [2.45, 2.75) is 12.3 Å². The number of ether oxygens (including phenoxy) is 1. The highest BCUT2D eigenvalue weighted by Crippen LogP contribution is 2.18. The molecule has 0 saturated carbocycles. The normalized spacial score (nSPS) is 10.1. The molecule has 0 N–H and O–H groups in total. The van der Waals surface area contributed by atoms with Crippen LogP contribution < -0.4 is 0 Å². The Morgan fingerprint density at radius 3 is 2.53 bits per heavy atom. The lowest BCUT2D eigenvalue weighted by Gasteiger charge is -2.06. The number of carbonyl (C=O) groups is 1. The first kappa shape index (κ1) is 11.9. The van der Waals surface area contributed by atoms with Gasteiger partial charge in [0.15, 0.2) is 0 Å². The van der Waals surface area contributed by atoms with Crippen molar-refractivity contribution in [1.29, 1.82) is 0 Å². The maximum absolute atomic E-state index is 13.5. The number of halogens is 3. The van der Waals surface area contributed by atoms with E-state index in [0.717, 1.165) is 12.1 Å². The van der Waals surface area contributed by atoms with Gasteiger partial charge in [-0.1, -0.05) is 0 Å². The average Bonchev–Trinajstić information content (AvgIpc) is 2.22. The van der Waals surface area contributed by atoms with Crippen molar-refractivity contribution in [3.63, 3.8) is 0 Å². The van der Waals surface area contributed by atoms with E-state index < -0.39 is 17.6 Å². The Labute approximate surface area is 90.8 Å². The molecule has 15 heavy (non-hydrogen) atoms. The lowest BCUT2D eigenvalue weighted by Crippen LogP contribution is -2.08. The van der Waals surface area contributed by atoms with Gasteiger partial charge >= 0.3 is 5.97 Å². The van der Waals surface area contributed by atoms with Crippen LogP contribution in [0.15, 0.2) is 12.1 Å². The third-order valence-corrected chi connectivity index (χ3v) is 2.18. The smallest absolute Gasteiger partial charge is 0.310 e. The van der Waals surface area contributed by atoms with Crippen molar-refractivity contribution in [2.24, 2.45) is 0 Å². The molecule has 0 spiro atoms. The van der Waals surface area contributed by atoms with Crippen molar-refractivity contribution in [2.75, 3.05) is 7.11 Å². The second-order valence-electron chi connectivity index (χ2n) is 2.92. The molecule has 0 aliphatic carbocycles. The van der Waals surface area contributed by atoms with Crippen molar-refractivity contribution >= 4 is 17.6 Å². The van der Waals surface area contributed by atoms with E-state index in [1.54, 1.807) is 0 Å². The number of esters is 1. The largest absolute Gasteiger partial charge is 0.469 e. The van der Waals surface area contributed by atoms with Crippen LogP contribution in [0.5, 0.6) is 0 Å². The first-order valence-electron chi connectivity index (χ1n) is 4.18. The summed E-state index contributed by atoms with van der Waals surface area (Å²) in [5, 5.41) is 0. The molecule has 0 amide bonds. The molecule has 0 radical (unpaired) electrons. The minimum absolute atomic E-state index is 0.0376. The fourth-order valence-electron chi connectivity index (χ4n) is 1.16. The zero-order valence-corrected chi connectivity index (χ0v) is 8.78. The van der Waals surface area contributed by atoms with Crippen molar-refractivity contribution < 1.29 is 18.3 Å². The molecule has 82 valence electrons. The molecule has 0 aromatic heterocycles. The van der Waals surface area contributed by atoms with Crippen LogP contribution in [-0.2, 0) is 21.8 Å². The van der Waals surface area contributed by atoms with Crippen LogP contribution in [0.1, 0.15) is 11.1 Å². The Balaban J connectivity index is 3.06. The number of benzene rings is 1. The number of alkyl halides is 1. The Bertz CT molecular complexity index is 380. The molecule has 5 heteroatoms. The van der Waals surface area contributed by atoms with E-state index in [9.17, 15) is 13.6 Å². The minimum Gasteiger partial charge on any atom is -0.469 e. The van der Waals surface area contributed by atoms with E-state index in [2.05, 4.69) is 4.74 Å². The summed E-state index contributed by atoms with van der Waals surface area (Å²) in [4.78, 5) is 10.9. The van der Waals surface area contributed by atoms with Crippen LogP contribution in [0.25, 0.3) is 0 Å². The number of rotatable bonds is 3. The predicted octanol–water partition coefficient (Wildman–Crippen LogP) is 2.42. The Hall–Kier alpha value is -1.16. The van der Waals surface area contributed by atoms with Crippen LogP contribution in [0, 0.1) is 11.6 Å². The number of carbonyl (C=O) groups excluding carboxylic acids is 1. The Morgan fingerprint density at radius 2 is 2.00 bits per heavy atom. The van der Waals surface area contributed by atoms with Gasteiger partial charge in [-0.25, -0.2) is 8.78 Å². The first-order valence-corrected chi connectivity index (χ1v) is 4.71. The molecule has 1 aromatic rings. The van der Waals surface area contributed by atoms with Gasteiger partial charge < -0.3 is 4.74 Å². The quantitative estimate of drug-likeness (QED) is 0.593. The molecular formula is C10H9ClF2O2. The van der Waals surface area contributed by atoms with Crippen LogP contribution in [0.2, 0.25) is 0 Å². The molecule has 0 saturated heterocycles. The fourth-order valence-corrected chi connectivity index (χ4v) is 1.36. The molecule has 0 heterocycles. The van der Waals surface area contributed by atoms with Gasteiger partial charge in [0, 0.05) is 11.1 Å². The summed E-state index contributed by atoms with van der Waals surface area (Å²) in [5.74, 6) is -2.04. The summed E-state index contributed by atoms with van der Waals surface area (Å²) < 4.78 is 30.8. The fraction of sp³-hybridized carbons (Fsp3) is 0.300. The van der Waals surface area contributed by atoms with E-state index in [-0.39, 0.29) is 23.4 Å². The summed E-state index contributed by atoms with van der Waals surface area (Å²) in [6.45, 7) is 0. The van der Waals surface area contributed by atoms with E-state index in [0.29, 0.717) is 0 Å². The third kappa shape index (κ3) is 2.89. The van der Waals surface area contributed by atoms with Gasteiger partial charge in [0.05, 0.1) is 19.4 Å². The van der Waals surface area contributed by atoms with E-state index in [4.69, 9.17) is 11.6 Å². The molecule has 0 aliphatic heterocycles. The highest BCUT2D eigenvalue weighted by molar-refractivity contribution is 6.17. The van der Waals surface area contributed by atoms with Crippen LogP contribution in [0.4, 0.5) is 8.78 Å². The molecule has 0 unspecified atom stereocenters. The third-order valence-electron chi connectivity index (χ3n) is 1.89. The summed E-state index contributed by atoms with van der Waals surface area (Å²) in [6.07, 6.45) is -0.302. The predicted molar refractivity (Wildman–Crippen MR) is 51.6 cm³/mol. The summed E-state index contributed by atoms with van der Waals surface area (Å²) in [6, 6.07) is 1.96. The maximum atomic E-state index is 13.5. The molecule has 1 aromatic carbocycles. The molecule has 0 bridgehead atoms. The Kier molecular flexibility index (Phi) is 4.03. The van der Waals surface area contributed by atoms with Gasteiger partial charge in [0.1, 0.15) is 11.6 Å². The second-order valence-corrected chi connectivity index (χ2v) is 3.19. The highest BCUT2D eigenvalue weighted by atomic mass is 35.5. The first-order chi connectivity index (χ1) is 7.08. The van der Waals surface area contributed by atoms with E-state index in [1.165, 1.54) is 7.11 Å². The SMILES string of the molecule is COC(=O)Cc1cc(F)cc(CCl)c1F. The van der Waals surface area contributed by atoms with Gasteiger partial charge in [-0.15, -0.1) is 11.6 Å². The molecular weight excluding hydrogens is 226 g/mol. The molecule has 0 atom stereocenters. The summed E-state index contributed by atoms with van der Waals surface area (Å²) in [7, 11) is 1.18. The number of methoxy groups -OCH3 is 1. The van der Waals surface area contributed by atoms with Crippen molar-refractivity contribution in [3.05, 3.63) is 34.9 Å². The number of hydrogen-bond donors (Lipinski definition) is 0. The topological polar surface area (TPSA) is 26.3 Å². The van der Waals surface area contributed by atoms with Gasteiger partial charge in [-0.2, -0.15) is 0 Å². The molecule has 0 fully saturated rings. The van der Waals surface area contributed by atoms with Gasteiger partial charge in [-0.05, 0) is 12.1 Å². The monoisotopic (exact) mass is 234 g/mol. The Morgan fingerprint density at radius 1 is 1.40 bits per heavy atom. The zero-order chi connectivity index (χ0) is 11.4. The van der Waals surface area contributed by atoms with Crippen LogP contribution >= 0.6 is 11.6 Å². The second kappa shape index (κ2) is 5.07. The lowest BCUT2D eigenvalue weighted by atomic mass is 10.1. The standard InChI is InChI=1S/C10H9ClF2O2/c1-15-9(14)4-6-2-8(12)3-7(5-11)10(6)13/h2-3H,4-5H2,1H3. The average molecular weight is 235 g/mol. The maximum Gasteiger partial charge on any atom is 0.310 e.